The summed E-state index contributed by atoms with van der Waals surface area (Å²) in [6, 6.07) is 0. The molecule has 68 valence electrons. The summed E-state index contributed by atoms with van der Waals surface area (Å²) in [7, 11) is 0. The Balaban J connectivity index is 1.95. The fourth-order valence-electron chi connectivity index (χ4n) is 2.37. The largest absolute Gasteiger partial charge is 0.507 e. The van der Waals surface area contributed by atoms with Crippen molar-refractivity contribution < 1.29 is 14.6 Å². The van der Waals surface area contributed by atoms with E-state index in [1.807, 2.05) is 0 Å². The van der Waals surface area contributed by atoms with Crippen molar-refractivity contribution in [1.29, 1.82) is 0 Å². The predicted octanol–water partition coefficient (Wildman–Crippen LogP) is 1.03. The van der Waals surface area contributed by atoms with Crippen LogP contribution in [0.5, 0.6) is 0 Å². The summed E-state index contributed by atoms with van der Waals surface area (Å²) in [5.41, 5.74) is 0. The minimum Gasteiger partial charge on any atom is -0.450 e. The summed E-state index contributed by atoms with van der Waals surface area (Å²) in [5, 5.41) is 11.5. The molecule has 0 aromatic carbocycles. The normalized spacial score (nSPS) is 39.5. The molecule has 0 amide bonds. The smallest absolute Gasteiger partial charge is 0.450 e. The topological polar surface area (TPSA) is 58.6 Å². The number of nitrogens with one attached hydrogen (secondary N) is 1. The van der Waals surface area contributed by atoms with Gasteiger partial charge in [-0.05, 0) is 18.8 Å². The van der Waals surface area contributed by atoms with Crippen LogP contribution in [0.25, 0.3) is 0 Å². The van der Waals surface area contributed by atoms with Gasteiger partial charge in [0.05, 0.1) is 0 Å². The number of rotatable bonds is 1. The second-order valence-corrected chi connectivity index (χ2v) is 3.57. The maximum atomic E-state index is 10.3. The molecule has 4 nitrogen and oxygen atoms in total. The van der Waals surface area contributed by atoms with Gasteiger partial charge in [-0.1, -0.05) is 6.42 Å². The predicted molar refractivity (Wildman–Crippen MR) is 41.7 cm³/mol. The van der Waals surface area contributed by atoms with Crippen molar-refractivity contribution in [3.8, 4) is 0 Å². The Morgan fingerprint density at radius 2 is 2.33 bits per heavy atom. The molecule has 1 aliphatic carbocycles. The zero-order chi connectivity index (χ0) is 8.55. The van der Waals surface area contributed by atoms with Crippen LogP contribution >= 0.6 is 0 Å². The van der Waals surface area contributed by atoms with Gasteiger partial charge in [0, 0.05) is 12.5 Å². The van der Waals surface area contributed by atoms with Crippen LogP contribution in [0.4, 0.5) is 4.79 Å². The molecule has 1 saturated carbocycles. The molecule has 4 heteroatoms. The first-order valence-electron chi connectivity index (χ1n) is 4.40. The molecule has 0 radical (unpaired) electrons. The van der Waals surface area contributed by atoms with Crippen LogP contribution < -0.4 is 5.32 Å². The quantitative estimate of drug-likeness (QED) is 0.578. The van der Waals surface area contributed by atoms with Gasteiger partial charge in [0.25, 0.3) is 0 Å². The molecular formula is C8H13NO3. The van der Waals surface area contributed by atoms with Gasteiger partial charge >= 0.3 is 6.16 Å². The van der Waals surface area contributed by atoms with E-state index in [4.69, 9.17) is 9.84 Å². The Labute approximate surface area is 70.9 Å². The summed E-state index contributed by atoms with van der Waals surface area (Å²) in [4.78, 5) is 10.3. The highest BCUT2D eigenvalue weighted by atomic mass is 16.7. The maximum Gasteiger partial charge on any atom is 0.507 e. The zero-order valence-electron chi connectivity index (χ0n) is 6.82. The van der Waals surface area contributed by atoms with E-state index in [-0.39, 0.29) is 6.23 Å². The zero-order valence-corrected chi connectivity index (χ0v) is 6.82. The van der Waals surface area contributed by atoms with Crippen LogP contribution in [0.2, 0.25) is 0 Å². The third kappa shape index (κ3) is 1.27. The molecule has 1 aliphatic heterocycles. The van der Waals surface area contributed by atoms with E-state index in [2.05, 4.69) is 5.32 Å². The summed E-state index contributed by atoms with van der Waals surface area (Å²) < 4.78 is 4.73. The van der Waals surface area contributed by atoms with Crippen molar-refractivity contribution in [3.05, 3.63) is 0 Å². The second-order valence-electron chi connectivity index (χ2n) is 3.57. The van der Waals surface area contributed by atoms with E-state index >= 15 is 0 Å². The van der Waals surface area contributed by atoms with Crippen molar-refractivity contribution in [1.82, 2.24) is 5.32 Å². The molecule has 0 aromatic heterocycles. The number of carboxylic acid groups (broad SMARTS) is 1. The minimum atomic E-state index is -1.17. The van der Waals surface area contributed by atoms with E-state index in [0.29, 0.717) is 11.8 Å². The van der Waals surface area contributed by atoms with E-state index in [1.54, 1.807) is 0 Å². The number of ether oxygens (including phenoxy) is 1. The molecule has 1 saturated heterocycles. The van der Waals surface area contributed by atoms with Crippen LogP contribution in [-0.4, -0.2) is 24.0 Å². The van der Waals surface area contributed by atoms with Crippen molar-refractivity contribution in [2.75, 3.05) is 6.54 Å². The van der Waals surface area contributed by atoms with Gasteiger partial charge < -0.3 is 9.84 Å². The van der Waals surface area contributed by atoms with Gasteiger partial charge in [-0.2, -0.15) is 0 Å². The number of hydrogen-bond acceptors (Lipinski definition) is 3. The molecule has 2 N–H and O–H groups in total. The van der Waals surface area contributed by atoms with Crippen LogP contribution in [0.3, 0.4) is 0 Å². The van der Waals surface area contributed by atoms with E-state index in [0.717, 1.165) is 13.0 Å². The van der Waals surface area contributed by atoms with Gasteiger partial charge in [0.15, 0.2) is 6.23 Å². The molecule has 1 heterocycles. The van der Waals surface area contributed by atoms with Gasteiger partial charge in [-0.15, -0.1) is 0 Å². The van der Waals surface area contributed by atoms with Crippen molar-refractivity contribution in [2.24, 2.45) is 11.8 Å². The lowest BCUT2D eigenvalue weighted by Gasteiger charge is -2.16. The number of carbonyl (C=O) groups is 1. The molecule has 0 bridgehead atoms. The Kier molecular flexibility index (Phi) is 1.92. The lowest BCUT2D eigenvalue weighted by Crippen LogP contribution is -2.31. The van der Waals surface area contributed by atoms with Crippen LogP contribution in [0.15, 0.2) is 0 Å². The second kappa shape index (κ2) is 2.94. The van der Waals surface area contributed by atoms with Gasteiger partial charge in [0.1, 0.15) is 0 Å². The van der Waals surface area contributed by atoms with Crippen molar-refractivity contribution in [3.63, 3.8) is 0 Å². The standard InChI is InChI=1S/C8H13NO3/c10-8(11)12-7-6-3-1-2-5(6)4-9-7/h5-7,9H,1-4H2,(H,10,11)/t5?,6?,7-/m0/s1. The van der Waals surface area contributed by atoms with E-state index in [1.165, 1.54) is 12.8 Å². The molecule has 3 atom stereocenters. The van der Waals surface area contributed by atoms with Gasteiger partial charge in [-0.3, -0.25) is 5.32 Å². The van der Waals surface area contributed by atoms with Crippen LogP contribution in [0, 0.1) is 11.8 Å². The highest BCUT2D eigenvalue weighted by Gasteiger charge is 2.40. The lowest BCUT2D eigenvalue weighted by molar-refractivity contribution is 0.0235. The Bertz CT molecular complexity index is 195. The molecular weight excluding hydrogens is 158 g/mol. The summed E-state index contributed by atoms with van der Waals surface area (Å²) in [6.45, 7) is 0.919. The first kappa shape index (κ1) is 7.86. The van der Waals surface area contributed by atoms with Crippen LogP contribution in [-0.2, 0) is 4.74 Å². The SMILES string of the molecule is O=C(O)O[C@@H]1NCC2CCCC21. The van der Waals surface area contributed by atoms with Crippen molar-refractivity contribution >= 4 is 6.16 Å². The third-order valence-electron chi connectivity index (χ3n) is 2.92. The fourth-order valence-corrected chi connectivity index (χ4v) is 2.37. The third-order valence-corrected chi connectivity index (χ3v) is 2.92. The molecule has 12 heavy (non-hydrogen) atoms. The summed E-state index contributed by atoms with van der Waals surface area (Å²) in [5.74, 6) is 1.08. The average molecular weight is 171 g/mol. The molecule has 2 rings (SSSR count). The molecule has 0 aromatic rings. The average Bonchev–Trinajstić information content (AvgIpc) is 2.52. The van der Waals surface area contributed by atoms with Crippen molar-refractivity contribution in [2.45, 2.75) is 25.5 Å². The minimum absolute atomic E-state index is 0.241. The highest BCUT2D eigenvalue weighted by Crippen LogP contribution is 2.37. The Morgan fingerprint density at radius 3 is 3.08 bits per heavy atom. The summed E-state index contributed by atoms with van der Waals surface area (Å²) in [6.07, 6.45) is 2.14. The summed E-state index contributed by atoms with van der Waals surface area (Å²) >= 11 is 0. The van der Waals surface area contributed by atoms with Gasteiger partial charge in [-0.25, -0.2) is 4.79 Å². The van der Waals surface area contributed by atoms with E-state index < -0.39 is 6.16 Å². The lowest BCUT2D eigenvalue weighted by atomic mass is 9.99. The van der Waals surface area contributed by atoms with Gasteiger partial charge in [0.2, 0.25) is 0 Å². The number of hydrogen-bond donors (Lipinski definition) is 2. The first-order valence-corrected chi connectivity index (χ1v) is 4.40. The van der Waals surface area contributed by atoms with E-state index in [9.17, 15) is 4.79 Å². The monoisotopic (exact) mass is 171 g/mol. The maximum absolute atomic E-state index is 10.3. The highest BCUT2D eigenvalue weighted by molar-refractivity contribution is 5.57. The molecule has 2 unspecified atom stereocenters. The molecule has 2 aliphatic rings. The molecule has 2 fully saturated rings. The Morgan fingerprint density at radius 1 is 1.50 bits per heavy atom. The Hall–Kier alpha value is -0.770. The molecule has 0 spiro atoms. The number of fused-ring (bicyclic) bond motifs is 1. The van der Waals surface area contributed by atoms with Crippen LogP contribution in [0.1, 0.15) is 19.3 Å². The fraction of sp³-hybridized carbons (Fsp3) is 0.875. The first-order chi connectivity index (χ1) is 5.77.